The van der Waals surface area contributed by atoms with Gasteiger partial charge in [0.15, 0.2) is 0 Å². The fraction of sp³-hybridized carbons (Fsp3) is 0.412. The molecule has 0 aliphatic rings. The van der Waals surface area contributed by atoms with Crippen LogP contribution >= 0.6 is 11.8 Å². The molecule has 1 heterocycles. The number of benzene rings is 1. The standard InChI is InChI=1S/C17H23N3S/c1-12-7-6-8-13(9-12)11-21-15-10-14(18-5)19-16(20-15)17(2,3)4/h6-10H,11H2,1-5H3,(H,18,19,20). The van der Waals surface area contributed by atoms with Gasteiger partial charge in [-0.3, -0.25) is 0 Å². The van der Waals surface area contributed by atoms with Crippen molar-refractivity contribution < 1.29 is 0 Å². The molecule has 0 radical (unpaired) electrons. The van der Waals surface area contributed by atoms with Crippen molar-refractivity contribution in [2.45, 2.75) is 43.9 Å². The zero-order valence-electron chi connectivity index (χ0n) is 13.4. The van der Waals surface area contributed by atoms with Gasteiger partial charge in [0.2, 0.25) is 0 Å². The van der Waals surface area contributed by atoms with Gasteiger partial charge in [0.1, 0.15) is 16.7 Å². The fourth-order valence-electron chi connectivity index (χ4n) is 1.92. The van der Waals surface area contributed by atoms with E-state index in [9.17, 15) is 0 Å². The highest BCUT2D eigenvalue weighted by atomic mass is 32.2. The average Bonchev–Trinajstić information content (AvgIpc) is 2.44. The second kappa shape index (κ2) is 6.48. The molecule has 0 bridgehead atoms. The first-order chi connectivity index (χ1) is 9.88. The number of thioether (sulfide) groups is 1. The maximum absolute atomic E-state index is 4.70. The van der Waals surface area contributed by atoms with E-state index in [1.165, 1.54) is 11.1 Å². The Morgan fingerprint density at radius 3 is 2.52 bits per heavy atom. The Labute approximate surface area is 131 Å². The fourth-order valence-corrected chi connectivity index (χ4v) is 2.76. The second-order valence-electron chi connectivity index (χ2n) is 6.19. The molecule has 0 saturated heterocycles. The van der Waals surface area contributed by atoms with Crippen LogP contribution in [-0.2, 0) is 11.2 Å². The van der Waals surface area contributed by atoms with Crippen molar-refractivity contribution in [3.05, 3.63) is 47.3 Å². The molecule has 2 aromatic rings. The van der Waals surface area contributed by atoms with Crippen LogP contribution in [0.3, 0.4) is 0 Å². The molecular formula is C17H23N3S. The maximum atomic E-state index is 4.70. The highest BCUT2D eigenvalue weighted by Crippen LogP contribution is 2.27. The minimum absolute atomic E-state index is 0.0501. The van der Waals surface area contributed by atoms with E-state index >= 15 is 0 Å². The Hall–Kier alpha value is -1.55. The lowest BCUT2D eigenvalue weighted by molar-refractivity contribution is 0.539. The molecule has 21 heavy (non-hydrogen) atoms. The molecule has 112 valence electrons. The number of hydrogen-bond donors (Lipinski definition) is 1. The molecule has 0 atom stereocenters. The summed E-state index contributed by atoms with van der Waals surface area (Å²) in [5.41, 5.74) is 2.56. The molecule has 0 fully saturated rings. The van der Waals surface area contributed by atoms with Gasteiger partial charge in [0, 0.05) is 24.3 Å². The molecule has 3 nitrogen and oxygen atoms in total. The molecule has 0 saturated carbocycles. The van der Waals surface area contributed by atoms with Crippen molar-refractivity contribution in [3.63, 3.8) is 0 Å². The monoisotopic (exact) mass is 301 g/mol. The first kappa shape index (κ1) is 15.8. The molecule has 0 unspecified atom stereocenters. The Balaban J connectivity index is 2.19. The van der Waals surface area contributed by atoms with Gasteiger partial charge in [0.25, 0.3) is 0 Å². The molecular weight excluding hydrogens is 278 g/mol. The van der Waals surface area contributed by atoms with Gasteiger partial charge in [-0.05, 0) is 12.5 Å². The van der Waals surface area contributed by atoms with Crippen molar-refractivity contribution in [2.24, 2.45) is 0 Å². The predicted molar refractivity (Wildman–Crippen MR) is 91.0 cm³/mol. The molecule has 1 N–H and O–H groups in total. The highest BCUT2D eigenvalue weighted by molar-refractivity contribution is 7.98. The molecule has 0 aliphatic carbocycles. The van der Waals surface area contributed by atoms with Crippen molar-refractivity contribution in [2.75, 3.05) is 12.4 Å². The maximum Gasteiger partial charge on any atom is 0.137 e. The van der Waals surface area contributed by atoms with Crippen molar-refractivity contribution >= 4 is 17.6 Å². The van der Waals surface area contributed by atoms with Crippen LogP contribution in [0.1, 0.15) is 37.7 Å². The van der Waals surface area contributed by atoms with Gasteiger partial charge in [-0.15, -0.1) is 11.8 Å². The average molecular weight is 301 g/mol. The van der Waals surface area contributed by atoms with Crippen molar-refractivity contribution in [3.8, 4) is 0 Å². The van der Waals surface area contributed by atoms with E-state index in [0.717, 1.165) is 22.4 Å². The van der Waals surface area contributed by atoms with Crippen LogP contribution in [0, 0.1) is 6.92 Å². The second-order valence-corrected chi connectivity index (χ2v) is 7.19. The lowest BCUT2D eigenvalue weighted by Crippen LogP contribution is -2.17. The molecule has 0 spiro atoms. The molecule has 1 aromatic heterocycles. The minimum Gasteiger partial charge on any atom is -0.373 e. The normalized spacial score (nSPS) is 11.5. The molecule has 0 amide bonds. The van der Waals surface area contributed by atoms with Crippen LogP contribution in [0.2, 0.25) is 0 Å². The summed E-state index contributed by atoms with van der Waals surface area (Å²) in [7, 11) is 1.89. The quantitative estimate of drug-likeness (QED) is 0.670. The molecule has 1 aromatic carbocycles. The van der Waals surface area contributed by atoms with E-state index in [-0.39, 0.29) is 5.41 Å². The van der Waals surface area contributed by atoms with E-state index in [1.807, 2.05) is 13.1 Å². The number of nitrogens with one attached hydrogen (secondary N) is 1. The van der Waals surface area contributed by atoms with Crippen LogP contribution < -0.4 is 5.32 Å². The Morgan fingerprint density at radius 2 is 1.90 bits per heavy atom. The predicted octanol–water partition coefficient (Wildman–Crippen LogP) is 4.42. The van der Waals surface area contributed by atoms with E-state index in [1.54, 1.807) is 11.8 Å². The number of aromatic nitrogens is 2. The van der Waals surface area contributed by atoms with Crippen LogP contribution in [0.15, 0.2) is 35.4 Å². The number of hydrogen-bond acceptors (Lipinski definition) is 4. The molecule has 4 heteroatoms. The highest BCUT2D eigenvalue weighted by Gasteiger charge is 2.19. The van der Waals surface area contributed by atoms with E-state index in [4.69, 9.17) is 4.98 Å². The van der Waals surface area contributed by atoms with Gasteiger partial charge in [-0.2, -0.15) is 0 Å². The summed E-state index contributed by atoms with van der Waals surface area (Å²) in [5.74, 6) is 2.67. The lowest BCUT2D eigenvalue weighted by atomic mass is 9.96. The minimum atomic E-state index is -0.0501. The van der Waals surface area contributed by atoms with Crippen molar-refractivity contribution in [1.29, 1.82) is 0 Å². The van der Waals surface area contributed by atoms with Gasteiger partial charge in [0.05, 0.1) is 0 Å². The SMILES string of the molecule is CNc1cc(SCc2cccc(C)c2)nc(C(C)(C)C)n1. The largest absolute Gasteiger partial charge is 0.373 e. The van der Waals surface area contributed by atoms with E-state index in [2.05, 4.69) is 62.3 Å². The first-order valence-corrected chi connectivity index (χ1v) is 8.13. The summed E-state index contributed by atoms with van der Waals surface area (Å²) in [5, 5.41) is 4.14. The lowest BCUT2D eigenvalue weighted by Gasteiger charge is -2.18. The number of aryl methyl sites for hydroxylation is 1. The third-order valence-electron chi connectivity index (χ3n) is 3.10. The first-order valence-electron chi connectivity index (χ1n) is 7.14. The third kappa shape index (κ3) is 4.46. The van der Waals surface area contributed by atoms with Gasteiger partial charge < -0.3 is 5.32 Å². The molecule has 0 aliphatic heterocycles. The Bertz CT molecular complexity index is 618. The van der Waals surface area contributed by atoms with Crippen LogP contribution in [-0.4, -0.2) is 17.0 Å². The number of nitrogens with zero attached hydrogens (tertiary/aromatic N) is 2. The summed E-state index contributed by atoms with van der Waals surface area (Å²) >= 11 is 1.75. The van der Waals surface area contributed by atoms with E-state index in [0.29, 0.717) is 0 Å². The van der Waals surface area contributed by atoms with Crippen LogP contribution in [0.25, 0.3) is 0 Å². The smallest absolute Gasteiger partial charge is 0.137 e. The zero-order valence-corrected chi connectivity index (χ0v) is 14.2. The summed E-state index contributed by atoms with van der Waals surface area (Å²) in [6.45, 7) is 8.53. The third-order valence-corrected chi connectivity index (χ3v) is 4.08. The molecule has 2 rings (SSSR count). The van der Waals surface area contributed by atoms with Crippen LogP contribution in [0.5, 0.6) is 0 Å². The Kier molecular flexibility index (Phi) is 4.88. The van der Waals surface area contributed by atoms with E-state index < -0.39 is 0 Å². The number of anilines is 1. The summed E-state index contributed by atoms with van der Waals surface area (Å²) in [6, 6.07) is 10.6. The topological polar surface area (TPSA) is 37.8 Å². The van der Waals surface area contributed by atoms with Gasteiger partial charge in [-0.1, -0.05) is 50.6 Å². The van der Waals surface area contributed by atoms with Crippen LogP contribution in [0.4, 0.5) is 5.82 Å². The summed E-state index contributed by atoms with van der Waals surface area (Å²) in [6.07, 6.45) is 0. The summed E-state index contributed by atoms with van der Waals surface area (Å²) in [4.78, 5) is 9.26. The van der Waals surface area contributed by atoms with Gasteiger partial charge in [-0.25, -0.2) is 9.97 Å². The Morgan fingerprint density at radius 1 is 1.14 bits per heavy atom. The number of rotatable bonds is 4. The summed E-state index contributed by atoms with van der Waals surface area (Å²) < 4.78 is 0. The van der Waals surface area contributed by atoms with Crippen molar-refractivity contribution in [1.82, 2.24) is 9.97 Å². The van der Waals surface area contributed by atoms with Gasteiger partial charge >= 0.3 is 0 Å². The zero-order chi connectivity index (χ0) is 15.5.